The normalized spacial score (nSPS) is 15.1. The van der Waals surface area contributed by atoms with E-state index in [2.05, 4.69) is 215 Å². The van der Waals surface area contributed by atoms with E-state index >= 15 is 0 Å². The summed E-state index contributed by atoms with van der Waals surface area (Å²) in [5.74, 6) is 0. The molecule has 0 heteroatoms. The van der Waals surface area contributed by atoms with Crippen LogP contribution in [0.3, 0.4) is 0 Å². The van der Waals surface area contributed by atoms with E-state index in [4.69, 9.17) is 0 Å². The maximum atomic E-state index is 2.47. The molecule has 0 unspecified atom stereocenters. The Hall–Kier alpha value is -5.98. The maximum Gasteiger partial charge on any atom is 0.0159 e. The van der Waals surface area contributed by atoms with E-state index in [0.717, 1.165) is 0 Å². The Balaban J connectivity index is 0.966. The topological polar surface area (TPSA) is 0 Å². The predicted molar refractivity (Wildman–Crippen MR) is 259 cm³/mol. The molecule has 0 fully saturated rings. The van der Waals surface area contributed by atoms with Crippen LogP contribution in [-0.4, -0.2) is 0 Å². The first-order valence-electron chi connectivity index (χ1n) is 21.9. The lowest BCUT2D eigenvalue weighted by molar-refractivity contribution is 0.591. The largest absolute Gasteiger partial charge is 0.0619 e. The van der Waals surface area contributed by atoms with Gasteiger partial charge < -0.3 is 0 Å². The second-order valence-corrected chi connectivity index (χ2v) is 21.1. The molecule has 0 spiro atoms. The first-order chi connectivity index (χ1) is 28.5. The van der Waals surface area contributed by atoms with E-state index in [1.165, 1.54) is 121 Å². The average molecular weight is 775 g/mol. The standard InChI is InChI=1S/C60H54/c1-57(2,3)43-27-40-19-20-41-28-44(58(4,5)6)34-50-49(30-42(29-43)55(40)56(41)50)36-17-15-35(16-18-36)37-21-24-47-48-26-23-39(33-54(48)60(9,10)53(47)31-37)38-22-25-46-45-13-11-12-14-51(45)59(7,8)52(46)32-38/h11-34H,1-10H3. The van der Waals surface area contributed by atoms with Gasteiger partial charge in [-0.3, -0.25) is 0 Å². The lowest BCUT2D eigenvalue weighted by Crippen LogP contribution is -2.15. The molecule has 294 valence electrons. The maximum absolute atomic E-state index is 2.47. The Labute approximate surface area is 356 Å². The summed E-state index contributed by atoms with van der Waals surface area (Å²) < 4.78 is 0. The summed E-state index contributed by atoms with van der Waals surface area (Å²) in [5.41, 5.74) is 21.5. The summed E-state index contributed by atoms with van der Waals surface area (Å²) >= 11 is 0. The molecule has 0 amide bonds. The molecular weight excluding hydrogens is 721 g/mol. The van der Waals surface area contributed by atoms with E-state index < -0.39 is 0 Å². The smallest absolute Gasteiger partial charge is 0.0159 e. The first kappa shape index (κ1) is 37.1. The molecule has 0 heterocycles. The molecule has 9 aromatic rings. The van der Waals surface area contributed by atoms with E-state index in [1.807, 2.05) is 0 Å². The first-order valence-corrected chi connectivity index (χ1v) is 21.9. The van der Waals surface area contributed by atoms with Crippen LogP contribution in [0.2, 0.25) is 0 Å². The molecule has 2 aliphatic rings. The van der Waals surface area contributed by atoms with Crippen LogP contribution < -0.4 is 0 Å². The molecule has 2 aliphatic carbocycles. The van der Waals surface area contributed by atoms with Gasteiger partial charge >= 0.3 is 0 Å². The summed E-state index contributed by atoms with van der Waals surface area (Å²) in [7, 11) is 0. The molecule has 0 aromatic heterocycles. The Morgan fingerprint density at radius 2 is 0.733 bits per heavy atom. The zero-order valence-corrected chi connectivity index (χ0v) is 36.9. The van der Waals surface area contributed by atoms with Gasteiger partial charge in [0.25, 0.3) is 0 Å². The third-order valence-corrected chi connectivity index (χ3v) is 14.5. The number of fused-ring (bicyclic) bond motifs is 6. The van der Waals surface area contributed by atoms with Gasteiger partial charge in [-0.05, 0) is 162 Å². The van der Waals surface area contributed by atoms with Gasteiger partial charge in [-0.15, -0.1) is 0 Å². The minimum atomic E-state index is -0.125. The summed E-state index contributed by atoms with van der Waals surface area (Å²) in [4.78, 5) is 0. The van der Waals surface area contributed by atoms with Crippen molar-refractivity contribution in [1.29, 1.82) is 0 Å². The molecular formula is C60H54. The quantitative estimate of drug-likeness (QED) is 0.157. The van der Waals surface area contributed by atoms with E-state index in [9.17, 15) is 0 Å². The van der Waals surface area contributed by atoms with Gasteiger partial charge in [0, 0.05) is 10.8 Å². The molecule has 0 saturated heterocycles. The monoisotopic (exact) mass is 774 g/mol. The van der Waals surface area contributed by atoms with Crippen molar-refractivity contribution in [1.82, 2.24) is 0 Å². The summed E-state index contributed by atoms with van der Waals surface area (Å²) in [5, 5.41) is 8.09. The van der Waals surface area contributed by atoms with E-state index in [1.54, 1.807) is 0 Å². The number of hydrogen-bond donors (Lipinski definition) is 0. The molecule has 0 aliphatic heterocycles. The van der Waals surface area contributed by atoms with Gasteiger partial charge in [-0.1, -0.05) is 184 Å². The fraction of sp³-hybridized carbons (Fsp3) is 0.233. The predicted octanol–water partition coefficient (Wildman–Crippen LogP) is 16.8. The van der Waals surface area contributed by atoms with Crippen molar-refractivity contribution < 1.29 is 0 Å². The second-order valence-electron chi connectivity index (χ2n) is 21.1. The Morgan fingerprint density at radius 3 is 1.28 bits per heavy atom. The Bertz CT molecular complexity index is 3240. The highest BCUT2D eigenvalue weighted by Crippen LogP contribution is 2.53. The highest BCUT2D eigenvalue weighted by Gasteiger charge is 2.37. The van der Waals surface area contributed by atoms with Gasteiger partial charge in [0.1, 0.15) is 0 Å². The third-order valence-electron chi connectivity index (χ3n) is 14.5. The minimum absolute atomic E-state index is 0.0177. The molecule has 0 nitrogen and oxygen atoms in total. The van der Waals surface area contributed by atoms with Crippen LogP contribution in [0.5, 0.6) is 0 Å². The number of benzene rings is 9. The van der Waals surface area contributed by atoms with Crippen LogP contribution in [0.4, 0.5) is 0 Å². The van der Waals surface area contributed by atoms with E-state index in [0.29, 0.717) is 0 Å². The zero-order chi connectivity index (χ0) is 41.7. The van der Waals surface area contributed by atoms with Crippen molar-refractivity contribution in [2.45, 2.75) is 90.9 Å². The fourth-order valence-corrected chi connectivity index (χ4v) is 10.8. The number of rotatable bonds is 3. The lowest BCUT2D eigenvalue weighted by Gasteiger charge is -2.25. The van der Waals surface area contributed by atoms with Gasteiger partial charge in [0.15, 0.2) is 0 Å². The average Bonchev–Trinajstić information content (AvgIpc) is 3.60. The Morgan fingerprint density at radius 1 is 0.317 bits per heavy atom. The SMILES string of the molecule is CC(C)(C)c1cc2ccc3cc(C(C)(C)C)cc4c(-c5ccc(-c6ccc7c(c6)C(C)(C)c6cc(-c8ccc9c(c8)C(C)(C)c8ccccc8-9)ccc6-7)cc5)cc(c1)c2c34. The van der Waals surface area contributed by atoms with Crippen LogP contribution >= 0.6 is 0 Å². The van der Waals surface area contributed by atoms with Crippen LogP contribution in [0, 0.1) is 0 Å². The van der Waals surface area contributed by atoms with Crippen molar-refractivity contribution in [2.24, 2.45) is 0 Å². The summed E-state index contributed by atoms with van der Waals surface area (Å²) in [6, 6.07) is 56.6. The highest BCUT2D eigenvalue weighted by atomic mass is 14.4. The van der Waals surface area contributed by atoms with Crippen LogP contribution in [-0.2, 0) is 21.7 Å². The third kappa shape index (κ3) is 5.35. The van der Waals surface area contributed by atoms with Gasteiger partial charge in [-0.2, -0.15) is 0 Å². The number of hydrogen-bond acceptors (Lipinski definition) is 0. The zero-order valence-electron chi connectivity index (χ0n) is 36.9. The fourth-order valence-electron chi connectivity index (χ4n) is 10.8. The van der Waals surface area contributed by atoms with Gasteiger partial charge in [-0.25, -0.2) is 0 Å². The Kier molecular flexibility index (Phi) is 7.59. The van der Waals surface area contributed by atoms with Crippen LogP contribution in [0.1, 0.15) is 103 Å². The van der Waals surface area contributed by atoms with Crippen molar-refractivity contribution in [3.05, 3.63) is 179 Å². The van der Waals surface area contributed by atoms with Crippen LogP contribution in [0.25, 0.3) is 88.0 Å². The van der Waals surface area contributed by atoms with Gasteiger partial charge in [0.2, 0.25) is 0 Å². The van der Waals surface area contributed by atoms with Crippen LogP contribution in [0.15, 0.2) is 146 Å². The minimum Gasteiger partial charge on any atom is -0.0619 e. The highest BCUT2D eigenvalue weighted by molar-refractivity contribution is 6.26. The molecule has 9 aromatic carbocycles. The van der Waals surface area contributed by atoms with E-state index in [-0.39, 0.29) is 21.7 Å². The lowest BCUT2D eigenvalue weighted by atomic mass is 9.79. The molecule has 0 atom stereocenters. The molecule has 0 bridgehead atoms. The summed E-state index contributed by atoms with van der Waals surface area (Å²) in [6.07, 6.45) is 0. The second kappa shape index (κ2) is 12.3. The van der Waals surface area contributed by atoms with Gasteiger partial charge in [0.05, 0.1) is 0 Å². The summed E-state index contributed by atoms with van der Waals surface area (Å²) in [6.45, 7) is 23.5. The molecule has 60 heavy (non-hydrogen) atoms. The molecule has 0 saturated carbocycles. The van der Waals surface area contributed by atoms with Crippen molar-refractivity contribution in [3.8, 4) is 55.6 Å². The molecule has 0 N–H and O–H groups in total. The van der Waals surface area contributed by atoms with Crippen molar-refractivity contribution >= 4 is 32.3 Å². The molecule has 11 rings (SSSR count). The van der Waals surface area contributed by atoms with Crippen molar-refractivity contribution in [2.75, 3.05) is 0 Å². The molecule has 0 radical (unpaired) electrons. The van der Waals surface area contributed by atoms with Crippen molar-refractivity contribution in [3.63, 3.8) is 0 Å².